The molecule has 1 unspecified atom stereocenters. The van der Waals surface area contributed by atoms with Crippen molar-refractivity contribution in [1.82, 2.24) is 35.1 Å². The fourth-order valence-corrected chi connectivity index (χ4v) is 5.44. The van der Waals surface area contributed by atoms with Crippen LogP contribution >= 0.6 is 0 Å². The van der Waals surface area contributed by atoms with Crippen LogP contribution in [0.1, 0.15) is 47.1 Å². The van der Waals surface area contributed by atoms with Gasteiger partial charge in [-0.1, -0.05) is 78.9 Å². The third-order valence-corrected chi connectivity index (χ3v) is 7.83. The lowest BCUT2D eigenvalue weighted by molar-refractivity contribution is -0.497. The van der Waals surface area contributed by atoms with Crippen molar-refractivity contribution in [3.8, 4) is 28.5 Å². The van der Waals surface area contributed by atoms with Crippen LogP contribution in [0.2, 0.25) is 0 Å². The molecule has 0 saturated heterocycles. The number of tetrazole rings is 1. The van der Waals surface area contributed by atoms with Gasteiger partial charge in [-0.15, -0.1) is 15.0 Å². The molecule has 4 aromatic carbocycles. The summed E-state index contributed by atoms with van der Waals surface area (Å²) in [6, 6.07) is 27.5. The number of para-hydroxylation sites is 1. The van der Waals surface area contributed by atoms with Gasteiger partial charge in [0.05, 0.1) is 41.7 Å². The van der Waals surface area contributed by atoms with E-state index in [2.05, 4.69) is 25.2 Å². The molecule has 0 aliphatic heterocycles. The quantitative estimate of drug-likeness (QED) is 0.0901. The molecule has 262 valence electrons. The van der Waals surface area contributed by atoms with Crippen molar-refractivity contribution in [2.24, 2.45) is 0 Å². The second-order valence-electron chi connectivity index (χ2n) is 11.1. The first kappa shape index (κ1) is 34.7. The number of hydrogen-bond donors (Lipinski definition) is 3. The Hall–Kier alpha value is -6.20. The Kier molecular flexibility index (Phi) is 10.6. The number of nitrogens with zero attached hydrogens (tertiary/aromatic N) is 7. The van der Waals surface area contributed by atoms with Gasteiger partial charge in [0.1, 0.15) is 6.61 Å². The average molecular weight is 696 g/mol. The number of benzene rings is 4. The fourth-order valence-electron chi connectivity index (χ4n) is 5.44. The van der Waals surface area contributed by atoms with E-state index in [9.17, 15) is 14.7 Å². The Bertz CT molecular complexity index is 2150. The molecule has 3 N–H and O–H groups in total. The summed E-state index contributed by atoms with van der Waals surface area (Å²) in [4.78, 5) is 34.8. The second kappa shape index (κ2) is 15.6. The number of carboxylic acids is 1. The average Bonchev–Trinajstić information content (AvgIpc) is 3.76. The number of carbonyl (C=O) groups excluding carboxylic acids is 1. The maximum Gasteiger partial charge on any atom is 0.510 e. The molecule has 1 atom stereocenters. The van der Waals surface area contributed by atoms with Crippen molar-refractivity contribution in [2.75, 3.05) is 6.61 Å². The lowest BCUT2D eigenvalue weighted by Gasteiger charge is -2.13. The molecule has 0 amide bonds. The zero-order chi connectivity index (χ0) is 35.9. The number of hydrogen-bond acceptors (Lipinski definition) is 13. The minimum Gasteiger partial charge on any atom is -0.478 e. The van der Waals surface area contributed by atoms with Crippen molar-refractivity contribution in [2.45, 2.75) is 39.8 Å². The predicted octanol–water partition coefficient (Wildman–Crippen LogP) is 5.89. The normalized spacial score (nSPS) is 11.9. The fraction of sp³-hybridized carbons (Fsp3) is 0.200. The number of fused-ring (bicyclic) bond motifs is 1. The third-order valence-electron chi connectivity index (χ3n) is 7.83. The van der Waals surface area contributed by atoms with E-state index in [1.165, 1.54) is 0 Å². The maximum absolute atomic E-state index is 12.5. The summed E-state index contributed by atoms with van der Waals surface area (Å²) in [7, 11) is 0. The number of rotatable bonds is 14. The smallest absolute Gasteiger partial charge is 0.478 e. The molecule has 16 nitrogen and oxygen atoms in total. The second-order valence-corrected chi connectivity index (χ2v) is 11.1. The van der Waals surface area contributed by atoms with Gasteiger partial charge in [-0.3, -0.25) is 15.0 Å². The molecule has 16 heteroatoms. The molecular weight excluding hydrogens is 662 g/mol. The Morgan fingerprint density at radius 2 is 1.59 bits per heavy atom. The van der Waals surface area contributed by atoms with Crippen molar-refractivity contribution >= 4 is 23.2 Å². The Morgan fingerprint density at radius 1 is 0.882 bits per heavy atom. The van der Waals surface area contributed by atoms with Crippen LogP contribution in [0.15, 0.2) is 91.0 Å². The molecule has 0 fully saturated rings. The van der Waals surface area contributed by atoms with Gasteiger partial charge in [0.25, 0.3) is 6.01 Å². The molecule has 51 heavy (non-hydrogen) atoms. The van der Waals surface area contributed by atoms with Crippen LogP contribution in [-0.2, 0) is 34.1 Å². The largest absolute Gasteiger partial charge is 0.510 e. The van der Waals surface area contributed by atoms with Gasteiger partial charge >= 0.3 is 12.1 Å². The first-order valence-electron chi connectivity index (χ1n) is 15.8. The Labute approximate surface area is 290 Å². The van der Waals surface area contributed by atoms with Crippen molar-refractivity contribution in [3.63, 3.8) is 0 Å². The molecule has 0 radical (unpaired) electrons. The summed E-state index contributed by atoms with van der Waals surface area (Å²) >= 11 is 0. The van der Waals surface area contributed by atoms with Gasteiger partial charge in [-0.05, 0) is 59.0 Å². The van der Waals surface area contributed by atoms with E-state index in [1.807, 2.05) is 55.5 Å². The van der Waals surface area contributed by atoms with E-state index < -0.39 is 23.7 Å². The number of aromatic nitrogens is 6. The van der Waals surface area contributed by atoms with Crippen LogP contribution in [0.4, 0.5) is 4.79 Å². The van der Waals surface area contributed by atoms with Crippen LogP contribution in [0.5, 0.6) is 6.01 Å². The summed E-state index contributed by atoms with van der Waals surface area (Å²) in [5.41, 5.74) is 5.61. The highest BCUT2D eigenvalue weighted by atomic mass is 17.1. The lowest BCUT2D eigenvalue weighted by atomic mass is 9.98. The zero-order valence-electron chi connectivity index (χ0n) is 27.5. The minimum atomic E-state index is -1.05. The molecular formula is C35H33N7O9. The molecule has 0 spiro atoms. The van der Waals surface area contributed by atoms with Crippen LogP contribution in [-0.4, -0.2) is 69.4 Å². The van der Waals surface area contributed by atoms with E-state index >= 15 is 0 Å². The SMILES string of the molecule is CCOc1nc2cccc(C(=O)O)c2n1Cc1ccc(-c2ccccc2-c2nnn(C(C)OC(=O)OCc3ccccc3CON(O)O)n2)cc1. The van der Waals surface area contributed by atoms with Crippen LogP contribution in [0.3, 0.4) is 0 Å². The summed E-state index contributed by atoms with van der Waals surface area (Å²) in [5.74, 6) is -0.741. The number of aromatic carboxylic acids is 1. The van der Waals surface area contributed by atoms with Crippen LogP contribution in [0.25, 0.3) is 33.5 Å². The number of carboxylic acid groups (broad SMARTS) is 1. The number of imidazole rings is 1. The van der Waals surface area contributed by atoms with Gasteiger partial charge in [-0.25, -0.2) is 14.4 Å². The van der Waals surface area contributed by atoms with E-state index in [-0.39, 0.29) is 18.8 Å². The molecule has 0 aliphatic rings. The lowest BCUT2D eigenvalue weighted by Crippen LogP contribution is -2.18. The zero-order valence-corrected chi connectivity index (χ0v) is 27.5. The van der Waals surface area contributed by atoms with Crippen LogP contribution < -0.4 is 4.74 Å². The number of carbonyl (C=O) groups is 2. The van der Waals surface area contributed by atoms with Gasteiger partial charge in [0.2, 0.25) is 12.1 Å². The topological polar surface area (TPSA) is 196 Å². The summed E-state index contributed by atoms with van der Waals surface area (Å²) < 4.78 is 18.1. The van der Waals surface area contributed by atoms with E-state index in [0.29, 0.717) is 52.7 Å². The highest BCUT2D eigenvalue weighted by molar-refractivity contribution is 6.01. The van der Waals surface area contributed by atoms with Crippen molar-refractivity contribution < 1.29 is 44.2 Å². The third kappa shape index (κ3) is 8.00. The molecule has 2 aromatic heterocycles. The summed E-state index contributed by atoms with van der Waals surface area (Å²) in [5, 5.41) is 39.8. The highest BCUT2D eigenvalue weighted by Crippen LogP contribution is 2.31. The highest BCUT2D eigenvalue weighted by Gasteiger charge is 2.21. The molecule has 0 bridgehead atoms. The van der Waals surface area contributed by atoms with Crippen LogP contribution in [0, 0.1) is 0 Å². The minimum absolute atomic E-state index is 0.140. The predicted molar refractivity (Wildman–Crippen MR) is 178 cm³/mol. The summed E-state index contributed by atoms with van der Waals surface area (Å²) in [6.07, 6.45) is -1.93. The van der Waals surface area contributed by atoms with E-state index in [0.717, 1.165) is 21.5 Å². The monoisotopic (exact) mass is 695 g/mol. The summed E-state index contributed by atoms with van der Waals surface area (Å²) in [6.45, 7) is 3.80. The van der Waals surface area contributed by atoms with Gasteiger partial charge in [0, 0.05) is 5.56 Å². The number of ether oxygens (including phenoxy) is 3. The first-order valence-corrected chi connectivity index (χ1v) is 15.8. The molecule has 6 aromatic rings. The van der Waals surface area contributed by atoms with Gasteiger partial charge in [0.15, 0.2) is 0 Å². The van der Waals surface area contributed by atoms with Gasteiger partial charge in [-0.2, -0.15) is 4.98 Å². The van der Waals surface area contributed by atoms with E-state index in [1.54, 1.807) is 54.0 Å². The standard InChI is InChI=1S/C35H33N7O9/c1-3-48-34-36-30-14-8-13-29(33(43)44)31(30)40(34)19-23-15-17-24(18-16-23)27-11-6-7-12-28(27)32-37-39-41(38-32)22(2)51-35(45)49-20-25-9-4-5-10-26(25)21-50-42(46)47/h4-18,22,46-47H,3,19-21H2,1-2H3,(H,43,44). The molecule has 6 rings (SSSR count). The Morgan fingerprint density at radius 3 is 2.29 bits per heavy atom. The Balaban J connectivity index is 1.15. The van der Waals surface area contributed by atoms with Gasteiger partial charge < -0.3 is 19.3 Å². The maximum atomic E-state index is 12.5. The first-order chi connectivity index (χ1) is 24.7. The molecule has 2 heterocycles. The van der Waals surface area contributed by atoms with Crippen molar-refractivity contribution in [3.05, 3.63) is 113 Å². The molecule has 0 saturated carbocycles. The molecule has 0 aliphatic carbocycles. The van der Waals surface area contributed by atoms with Crippen molar-refractivity contribution in [1.29, 1.82) is 0 Å². The van der Waals surface area contributed by atoms with E-state index in [4.69, 9.17) is 24.6 Å².